The van der Waals surface area contributed by atoms with Crippen molar-refractivity contribution in [2.75, 3.05) is 6.54 Å². The van der Waals surface area contributed by atoms with Gasteiger partial charge < -0.3 is 15.8 Å². The van der Waals surface area contributed by atoms with E-state index >= 15 is 0 Å². The number of hydrogen-bond acceptors (Lipinski definition) is 4. The number of nitrogens with one attached hydrogen (secondary N) is 1. The molecule has 8 heteroatoms. The second-order valence-electron chi connectivity index (χ2n) is 5.95. The van der Waals surface area contributed by atoms with E-state index in [1.807, 2.05) is 24.3 Å². The average molecular weight is 463 g/mol. The number of hydrogen-bond donors (Lipinski definition) is 2. The molecule has 0 aliphatic heterocycles. The number of nitrogens with zero attached hydrogens (tertiary/aromatic N) is 1. The highest BCUT2D eigenvalue weighted by Gasteiger charge is 2.27. The number of amides is 1. The van der Waals surface area contributed by atoms with Gasteiger partial charge in [-0.25, -0.2) is 4.98 Å². The number of halogens is 3. The predicted molar refractivity (Wildman–Crippen MR) is 111 cm³/mol. The molecule has 3 rings (SSSR count). The van der Waals surface area contributed by atoms with E-state index < -0.39 is 0 Å². The first-order valence-electron chi connectivity index (χ1n) is 8.06. The number of nitrogens with two attached hydrogens (primary N) is 1. The lowest BCUT2D eigenvalue weighted by Gasteiger charge is -2.19. The van der Waals surface area contributed by atoms with Crippen LogP contribution in [0.2, 0.25) is 0 Å². The van der Waals surface area contributed by atoms with Gasteiger partial charge in [0.2, 0.25) is 5.88 Å². The summed E-state index contributed by atoms with van der Waals surface area (Å²) >= 11 is 3.38. The van der Waals surface area contributed by atoms with Crippen molar-refractivity contribution in [2.45, 2.75) is 25.3 Å². The molecule has 2 aromatic rings. The molecule has 3 N–H and O–H groups in total. The van der Waals surface area contributed by atoms with Gasteiger partial charge >= 0.3 is 0 Å². The van der Waals surface area contributed by atoms with Crippen LogP contribution in [0, 0.1) is 5.92 Å². The van der Waals surface area contributed by atoms with Gasteiger partial charge in [-0.3, -0.25) is 4.79 Å². The molecule has 1 aromatic carbocycles. The van der Waals surface area contributed by atoms with E-state index in [2.05, 4.69) is 26.2 Å². The van der Waals surface area contributed by atoms with Gasteiger partial charge in [0, 0.05) is 22.8 Å². The van der Waals surface area contributed by atoms with Gasteiger partial charge in [0.1, 0.15) is 5.75 Å². The van der Waals surface area contributed by atoms with Crippen LogP contribution in [0.15, 0.2) is 47.1 Å². The highest BCUT2D eigenvalue weighted by Crippen LogP contribution is 2.25. The minimum absolute atomic E-state index is 0. The van der Waals surface area contributed by atoms with Crippen molar-refractivity contribution in [1.82, 2.24) is 10.3 Å². The lowest BCUT2D eigenvalue weighted by atomic mass is 10.0. The first-order chi connectivity index (χ1) is 11.7. The second-order valence-corrected chi connectivity index (χ2v) is 6.86. The fourth-order valence-corrected chi connectivity index (χ4v) is 3.22. The fraction of sp³-hybridized carbons (Fsp3) is 0.333. The third-order valence-electron chi connectivity index (χ3n) is 4.31. The quantitative estimate of drug-likeness (QED) is 0.692. The van der Waals surface area contributed by atoms with Gasteiger partial charge in [0.05, 0.1) is 5.56 Å². The van der Waals surface area contributed by atoms with Crippen molar-refractivity contribution in [3.05, 3.63) is 52.6 Å². The maximum atomic E-state index is 12.3. The number of pyridine rings is 1. The number of aromatic nitrogens is 1. The highest BCUT2D eigenvalue weighted by molar-refractivity contribution is 9.10. The number of carbonyl (C=O) groups is 1. The van der Waals surface area contributed by atoms with Crippen molar-refractivity contribution in [1.29, 1.82) is 0 Å². The molecule has 0 spiro atoms. The van der Waals surface area contributed by atoms with Gasteiger partial charge in [0.15, 0.2) is 0 Å². The first kappa shape index (κ1) is 22.7. The summed E-state index contributed by atoms with van der Waals surface area (Å²) in [6, 6.07) is 11.1. The lowest BCUT2D eigenvalue weighted by Crippen LogP contribution is -2.39. The molecule has 142 valence electrons. The molecule has 1 amide bonds. The Hall–Kier alpha value is -1.34. The van der Waals surface area contributed by atoms with Crippen LogP contribution in [0.1, 0.15) is 29.6 Å². The zero-order chi connectivity index (χ0) is 16.9. The number of ether oxygens (including phenoxy) is 1. The Kier molecular flexibility index (Phi) is 9.36. The molecule has 2 atom stereocenters. The third kappa shape index (κ3) is 5.84. The van der Waals surface area contributed by atoms with Crippen molar-refractivity contribution < 1.29 is 9.53 Å². The zero-order valence-corrected chi connectivity index (χ0v) is 17.3. The van der Waals surface area contributed by atoms with E-state index in [-0.39, 0.29) is 36.8 Å². The maximum absolute atomic E-state index is 12.3. The molecule has 0 radical (unpaired) electrons. The fourth-order valence-electron chi connectivity index (χ4n) is 2.96. The standard InChI is InChI=1S/C18H20BrN3O2.2ClH/c19-14-5-7-15(8-6-14)24-17-9-4-13(11-21-17)18(23)22-16-3-1-2-12(16)10-20;;/h4-9,11-12,16H,1-3,10,20H2,(H,22,23);2*1H. The van der Waals surface area contributed by atoms with Crippen molar-refractivity contribution in [3.63, 3.8) is 0 Å². The Morgan fingerprint density at radius 3 is 2.54 bits per heavy atom. The SMILES string of the molecule is Cl.Cl.NCC1CCCC1NC(=O)c1ccc(Oc2ccc(Br)cc2)nc1. The molecular weight excluding hydrogens is 441 g/mol. The molecule has 2 unspecified atom stereocenters. The zero-order valence-electron chi connectivity index (χ0n) is 14.1. The molecule has 1 fully saturated rings. The summed E-state index contributed by atoms with van der Waals surface area (Å²) < 4.78 is 6.64. The Morgan fingerprint density at radius 2 is 1.92 bits per heavy atom. The maximum Gasteiger partial charge on any atom is 0.253 e. The van der Waals surface area contributed by atoms with Crippen LogP contribution < -0.4 is 15.8 Å². The molecule has 0 saturated heterocycles. The summed E-state index contributed by atoms with van der Waals surface area (Å²) in [4.78, 5) is 16.5. The van der Waals surface area contributed by atoms with Crippen LogP contribution in [-0.4, -0.2) is 23.5 Å². The van der Waals surface area contributed by atoms with E-state index in [9.17, 15) is 4.79 Å². The number of carbonyl (C=O) groups excluding carboxylic acids is 1. The van der Waals surface area contributed by atoms with Gasteiger partial charge in [-0.2, -0.15) is 0 Å². The van der Waals surface area contributed by atoms with Crippen LogP contribution >= 0.6 is 40.7 Å². The summed E-state index contributed by atoms with van der Waals surface area (Å²) in [5.74, 6) is 1.42. The van der Waals surface area contributed by atoms with Crippen LogP contribution in [0.5, 0.6) is 11.6 Å². The molecule has 1 aliphatic carbocycles. The second kappa shape index (κ2) is 10.7. The molecule has 5 nitrogen and oxygen atoms in total. The summed E-state index contributed by atoms with van der Waals surface area (Å²) in [6.07, 6.45) is 4.73. The van der Waals surface area contributed by atoms with E-state index in [0.717, 1.165) is 23.7 Å². The third-order valence-corrected chi connectivity index (χ3v) is 4.84. The Bertz CT molecular complexity index is 699. The molecule has 0 bridgehead atoms. The normalized spacial score (nSPS) is 18.4. The monoisotopic (exact) mass is 461 g/mol. The van der Waals surface area contributed by atoms with Crippen LogP contribution in [0.3, 0.4) is 0 Å². The van der Waals surface area contributed by atoms with Crippen molar-refractivity contribution in [2.24, 2.45) is 11.7 Å². The van der Waals surface area contributed by atoms with E-state index in [0.29, 0.717) is 29.7 Å². The van der Waals surface area contributed by atoms with Gasteiger partial charge in [-0.15, -0.1) is 24.8 Å². The number of rotatable bonds is 5. The Labute approximate surface area is 174 Å². The van der Waals surface area contributed by atoms with Crippen molar-refractivity contribution >= 4 is 46.7 Å². The highest BCUT2D eigenvalue weighted by atomic mass is 79.9. The molecule has 1 heterocycles. The Balaban J connectivity index is 0.00000169. The summed E-state index contributed by atoms with van der Waals surface area (Å²) in [7, 11) is 0. The van der Waals surface area contributed by atoms with Gasteiger partial charge in [-0.05, 0) is 55.6 Å². The summed E-state index contributed by atoms with van der Waals surface area (Å²) in [5, 5.41) is 3.07. The molecular formula is C18H22BrCl2N3O2. The molecule has 1 aromatic heterocycles. The molecule has 26 heavy (non-hydrogen) atoms. The average Bonchev–Trinajstić information content (AvgIpc) is 3.04. The first-order valence-corrected chi connectivity index (χ1v) is 8.85. The van der Waals surface area contributed by atoms with Crippen LogP contribution in [0.25, 0.3) is 0 Å². The Morgan fingerprint density at radius 1 is 1.19 bits per heavy atom. The van der Waals surface area contributed by atoms with Gasteiger partial charge in [-0.1, -0.05) is 22.4 Å². The van der Waals surface area contributed by atoms with Crippen LogP contribution in [0.4, 0.5) is 0 Å². The molecule has 1 saturated carbocycles. The minimum atomic E-state index is -0.108. The summed E-state index contributed by atoms with van der Waals surface area (Å²) in [6.45, 7) is 0.614. The smallest absolute Gasteiger partial charge is 0.253 e. The predicted octanol–water partition coefficient (Wildman–Crippen LogP) is 4.34. The lowest BCUT2D eigenvalue weighted by molar-refractivity contribution is 0.0928. The largest absolute Gasteiger partial charge is 0.439 e. The number of benzene rings is 1. The minimum Gasteiger partial charge on any atom is -0.439 e. The molecule has 1 aliphatic rings. The van der Waals surface area contributed by atoms with Crippen LogP contribution in [-0.2, 0) is 0 Å². The summed E-state index contributed by atoms with van der Waals surface area (Å²) in [5.41, 5.74) is 6.29. The van der Waals surface area contributed by atoms with Crippen molar-refractivity contribution in [3.8, 4) is 11.6 Å². The van der Waals surface area contributed by atoms with E-state index in [4.69, 9.17) is 10.5 Å². The van der Waals surface area contributed by atoms with Gasteiger partial charge in [0.25, 0.3) is 5.91 Å². The van der Waals surface area contributed by atoms with E-state index in [1.165, 1.54) is 6.20 Å². The topological polar surface area (TPSA) is 77.2 Å². The van der Waals surface area contributed by atoms with E-state index in [1.54, 1.807) is 12.1 Å².